The van der Waals surface area contributed by atoms with Gasteiger partial charge in [-0.3, -0.25) is 4.68 Å². The second kappa shape index (κ2) is 5.72. The maximum atomic E-state index is 4.71. The molecule has 0 saturated carbocycles. The SMILES string of the molecule is Cc1c(-c2ccc(C(C)C)c(Br)c2)nn(C)c1C(C)C. The summed E-state index contributed by atoms with van der Waals surface area (Å²) in [5, 5.41) is 4.71. The molecule has 2 aromatic rings. The van der Waals surface area contributed by atoms with Crippen molar-refractivity contribution in [2.24, 2.45) is 7.05 Å². The predicted octanol–water partition coefficient (Wildman–Crippen LogP) is 5.40. The van der Waals surface area contributed by atoms with Crippen molar-refractivity contribution in [1.82, 2.24) is 9.78 Å². The van der Waals surface area contributed by atoms with Gasteiger partial charge in [-0.15, -0.1) is 0 Å². The highest BCUT2D eigenvalue weighted by molar-refractivity contribution is 9.10. The molecule has 0 aliphatic heterocycles. The Hall–Kier alpha value is -1.09. The van der Waals surface area contributed by atoms with Crippen LogP contribution < -0.4 is 0 Å². The number of nitrogens with zero attached hydrogens (tertiary/aromatic N) is 2. The van der Waals surface area contributed by atoms with E-state index in [4.69, 9.17) is 5.10 Å². The number of hydrogen-bond donors (Lipinski definition) is 0. The van der Waals surface area contributed by atoms with Crippen molar-refractivity contribution in [2.45, 2.75) is 46.5 Å². The van der Waals surface area contributed by atoms with Crippen LogP contribution in [0.5, 0.6) is 0 Å². The van der Waals surface area contributed by atoms with Crippen LogP contribution in [0.25, 0.3) is 11.3 Å². The molecule has 20 heavy (non-hydrogen) atoms. The van der Waals surface area contributed by atoms with Gasteiger partial charge in [0.15, 0.2) is 0 Å². The van der Waals surface area contributed by atoms with E-state index in [9.17, 15) is 0 Å². The lowest BCUT2D eigenvalue weighted by molar-refractivity contribution is 0.667. The highest BCUT2D eigenvalue weighted by atomic mass is 79.9. The van der Waals surface area contributed by atoms with Crippen LogP contribution in [-0.4, -0.2) is 9.78 Å². The van der Waals surface area contributed by atoms with Crippen molar-refractivity contribution < 1.29 is 0 Å². The van der Waals surface area contributed by atoms with Crippen molar-refractivity contribution in [3.63, 3.8) is 0 Å². The van der Waals surface area contributed by atoms with Crippen LogP contribution in [0, 0.1) is 6.92 Å². The van der Waals surface area contributed by atoms with Crippen LogP contribution >= 0.6 is 15.9 Å². The molecule has 108 valence electrons. The first-order chi connectivity index (χ1) is 9.32. The van der Waals surface area contributed by atoms with Crippen molar-refractivity contribution in [2.75, 3.05) is 0 Å². The first-order valence-electron chi connectivity index (χ1n) is 7.16. The number of rotatable bonds is 3. The van der Waals surface area contributed by atoms with Gasteiger partial charge in [0.25, 0.3) is 0 Å². The third kappa shape index (κ3) is 2.69. The summed E-state index contributed by atoms with van der Waals surface area (Å²) in [6.45, 7) is 11.0. The summed E-state index contributed by atoms with van der Waals surface area (Å²) in [4.78, 5) is 0. The van der Waals surface area contributed by atoms with Crippen LogP contribution in [0.1, 0.15) is 56.4 Å². The van der Waals surface area contributed by atoms with E-state index in [0.29, 0.717) is 11.8 Å². The lowest BCUT2D eigenvalue weighted by atomic mass is 9.98. The van der Waals surface area contributed by atoms with E-state index in [1.54, 1.807) is 0 Å². The molecule has 0 unspecified atom stereocenters. The lowest BCUT2D eigenvalue weighted by Gasteiger charge is -2.10. The van der Waals surface area contributed by atoms with Crippen molar-refractivity contribution >= 4 is 15.9 Å². The number of benzene rings is 1. The Kier molecular flexibility index (Phi) is 4.38. The van der Waals surface area contributed by atoms with E-state index in [0.717, 1.165) is 5.69 Å². The Balaban J connectivity index is 2.53. The number of aromatic nitrogens is 2. The third-order valence-electron chi connectivity index (χ3n) is 3.78. The van der Waals surface area contributed by atoms with Gasteiger partial charge in [0, 0.05) is 22.8 Å². The van der Waals surface area contributed by atoms with Gasteiger partial charge in [-0.2, -0.15) is 5.10 Å². The van der Waals surface area contributed by atoms with E-state index in [2.05, 4.69) is 68.7 Å². The molecule has 1 aromatic carbocycles. The van der Waals surface area contributed by atoms with Gasteiger partial charge in [-0.25, -0.2) is 0 Å². The second-order valence-corrected chi connectivity index (χ2v) is 6.88. The van der Waals surface area contributed by atoms with Crippen molar-refractivity contribution in [1.29, 1.82) is 0 Å². The minimum atomic E-state index is 0.486. The number of aryl methyl sites for hydroxylation is 1. The van der Waals surface area contributed by atoms with E-state index in [1.165, 1.54) is 26.9 Å². The molecule has 0 bridgehead atoms. The maximum absolute atomic E-state index is 4.71. The molecule has 0 radical (unpaired) electrons. The van der Waals surface area contributed by atoms with Gasteiger partial charge in [0.05, 0.1) is 5.69 Å². The molecule has 0 fully saturated rings. The van der Waals surface area contributed by atoms with Gasteiger partial charge in [-0.05, 0) is 36.0 Å². The van der Waals surface area contributed by atoms with Crippen LogP contribution in [-0.2, 0) is 7.05 Å². The van der Waals surface area contributed by atoms with E-state index in [-0.39, 0.29) is 0 Å². The highest BCUT2D eigenvalue weighted by Gasteiger charge is 2.17. The minimum Gasteiger partial charge on any atom is -0.271 e. The van der Waals surface area contributed by atoms with Crippen molar-refractivity contribution in [3.8, 4) is 11.3 Å². The predicted molar refractivity (Wildman–Crippen MR) is 89.3 cm³/mol. The van der Waals surface area contributed by atoms with E-state index < -0.39 is 0 Å². The van der Waals surface area contributed by atoms with Crippen molar-refractivity contribution in [3.05, 3.63) is 39.5 Å². The molecule has 0 N–H and O–H groups in total. The van der Waals surface area contributed by atoms with Gasteiger partial charge in [0.2, 0.25) is 0 Å². The van der Waals surface area contributed by atoms with Crippen LogP contribution in [0.4, 0.5) is 0 Å². The molecule has 3 heteroatoms. The zero-order valence-corrected chi connectivity index (χ0v) is 14.7. The van der Waals surface area contributed by atoms with E-state index >= 15 is 0 Å². The standard InChI is InChI=1S/C17H23BrN2/c1-10(2)14-8-7-13(9-15(14)18)16-12(5)17(11(3)4)20(6)19-16/h7-11H,1-6H3. The Bertz CT molecular complexity index is 624. The minimum absolute atomic E-state index is 0.486. The fourth-order valence-electron chi connectivity index (χ4n) is 2.87. The normalized spacial score (nSPS) is 11.7. The largest absolute Gasteiger partial charge is 0.271 e. The Labute approximate surface area is 130 Å². The molecule has 1 heterocycles. The molecule has 2 rings (SSSR count). The number of hydrogen-bond acceptors (Lipinski definition) is 1. The Morgan fingerprint density at radius 2 is 1.75 bits per heavy atom. The summed E-state index contributed by atoms with van der Waals surface area (Å²) < 4.78 is 3.18. The summed E-state index contributed by atoms with van der Waals surface area (Å²) in [5.74, 6) is 1.01. The smallest absolute Gasteiger partial charge is 0.0955 e. The molecular weight excluding hydrogens is 312 g/mol. The first-order valence-corrected chi connectivity index (χ1v) is 7.95. The molecule has 0 aliphatic carbocycles. The topological polar surface area (TPSA) is 17.8 Å². The molecule has 1 aromatic heterocycles. The van der Waals surface area contributed by atoms with Crippen LogP contribution in [0.3, 0.4) is 0 Å². The summed E-state index contributed by atoms with van der Waals surface area (Å²) in [6.07, 6.45) is 0. The fraction of sp³-hybridized carbons (Fsp3) is 0.471. The average molecular weight is 335 g/mol. The highest BCUT2D eigenvalue weighted by Crippen LogP contribution is 2.33. The van der Waals surface area contributed by atoms with Gasteiger partial charge in [0.1, 0.15) is 0 Å². The first kappa shape index (κ1) is 15.3. The maximum Gasteiger partial charge on any atom is 0.0955 e. The molecular formula is C17H23BrN2. The molecule has 0 atom stereocenters. The molecule has 0 spiro atoms. The second-order valence-electron chi connectivity index (χ2n) is 6.03. The quantitative estimate of drug-likeness (QED) is 0.734. The summed E-state index contributed by atoms with van der Waals surface area (Å²) >= 11 is 3.69. The van der Waals surface area contributed by atoms with Gasteiger partial charge < -0.3 is 0 Å². The van der Waals surface area contributed by atoms with Gasteiger partial charge >= 0.3 is 0 Å². The molecule has 0 aliphatic rings. The number of halogens is 1. The zero-order valence-electron chi connectivity index (χ0n) is 13.2. The monoisotopic (exact) mass is 334 g/mol. The average Bonchev–Trinajstić information content (AvgIpc) is 2.64. The van der Waals surface area contributed by atoms with Gasteiger partial charge in [-0.1, -0.05) is 55.8 Å². The van der Waals surface area contributed by atoms with Crippen LogP contribution in [0.2, 0.25) is 0 Å². The fourth-order valence-corrected chi connectivity index (χ4v) is 3.70. The molecule has 2 nitrogen and oxygen atoms in total. The molecule has 0 saturated heterocycles. The lowest BCUT2D eigenvalue weighted by Crippen LogP contribution is -2.00. The summed E-state index contributed by atoms with van der Waals surface area (Å²) in [7, 11) is 2.03. The Morgan fingerprint density at radius 1 is 1.10 bits per heavy atom. The molecule has 0 amide bonds. The Morgan fingerprint density at radius 3 is 2.20 bits per heavy atom. The summed E-state index contributed by atoms with van der Waals surface area (Å²) in [6, 6.07) is 6.57. The summed E-state index contributed by atoms with van der Waals surface area (Å²) in [5.41, 5.74) is 6.20. The van der Waals surface area contributed by atoms with E-state index in [1.807, 2.05) is 11.7 Å². The van der Waals surface area contributed by atoms with Crippen LogP contribution in [0.15, 0.2) is 22.7 Å². The third-order valence-corrected chi connectivity index (χ3v) is 4.47. The zero-order chi connectivity index (χ0) is 15.0.